The zero-order valence-electron chi connectivity index (χ0n) is 13.9. The van der Waals surface area contributed by atoms with Crippen molar-refractivity contribution in [3.05, 3.63) is 59.3 Å². The summed E-state index contributed by atoms with van der Waals surface area (Å²) < 4.78 is 26.9. The quantitative estimate of drug-likeness (QED) is 0.807. The topological polar surface area (TPSA) is 70.1 Å². The second-order valence-electron chi connectivity index (χ2n) is 6.52. The molecule has 130 valence electrons. The Morgan fingerprint density at radius 1 is 1.28 bits per heavy atom. The van der Waals surface area contributed by atoms with Crippen LogP contribution in [0.15, 0.2) is 52.6 Å². The number of rotatable bonds is 2. The summed E-state index contributed by atoms with van der Waals surface area (Å²) in [6, 6.07) is 8.31. The number of fused-ring (bicyclic) bond motifs is 2. The maximum atomic E-state index is 12.9. The van der Waals surface area contributed by atoms with E-state index in [2.05, 4.69) is 16.5 Å². The molecule has 0 bridgehead atoms. The van der Waals surface area contributed by atoms with E-state index in [1.54, 1.807) is 28.2 Å². The zero-order chi connectivity index (χ0) is 17.6. The first-order valence-electron chi connectivity index (χ1n) is 8.29. The lowest BCUT2D eigenvalue weighted by molar-refractivity contribution is -0.127. The van der Waals surface area contributed by atoms with E-state index in [0.717, 1.165) is 12.8 Å². The molecule has 1 amide bonds. The van der Waals surface area contributed by atoms with E-state index in [1.165, 1.54) is 11.1 Å². The van der Waals surface area contributed by atoms with Crippen LogP contribution in [0.2, 0.25) is 0 Å². The van der Waals surface area contributed by atoms with Crippen molar-refractivity contribution in [1.82, 2.24) is 9.80 Å². The van der Waals surface area contributed by atoms with Crippen LogP contribution in [-0.4, -0.2) is 49.3 Å². The molecule has 1 aliphatic carbocycles. The molecule has 0 fully saturated rings. The summed E-state index contributed by atoms with van der Waals surface area (Å²) in [5.74, 6) is 0.274. The van der Waals surface area contributed by atoms with Crippen LogP contribution in [0, 0.1) is 0 Å². The Hall–Kier alpha value is -2.41. The summed E-state index contributed by atoms with van der Waals surface area (Å²) >= 11 is 0. The maximum absolute atomic E-state index is 12.9. The number of hydrogen-bond acceptors (Lipinski definition) is 4. The minimum absolute atomic E-state index is 0.0336. The van der Waals surface area contributed by atoms with Crippen molar-refractivity contribution in [2.24, 2.45) is 4.40 Å². The van der Waals surface area contributed by atoms with Gasteiger partial charge >= 0.3 is 0 Å². The fourth-order valence-corrected chi connectivity index (χ4v) is 4.58. The second kappa shape index (κ2) is 5.84. The van der Waals surface area contributed by atoms with Crippen LogP contribution in [0.3, 0.4) is 0 Å². The highest BCUT2D eigenvalue weighted by Crippen LogP contribution is 2.35. The first kappa shape index (κ1) is 16.1. The van der Waals surface area contributed by atoms with Gasteiger partial charge in [0, 0.05) is 19.8 Å². The largest absolute Gasteiger partial charge is 0.335 e. The van der Waals surface area contributed by atoms with Gasteiger partial charge in [0.05, 0.1) is 17.4 Å². The number of amidine groups is 1. The van der Waals surface area contributed by atoms with Crippen LogP contribution in [-0.2, 0) is 21.2 Å². The van der Waals surface area contributed by atoms with Gasteiger partial charge in [-0.25, -0.2) is 8.42 Å². The van der Waals surface area contributed by atoms with E-state index in [4.69, 9.17) is 0 Å². The van der Waals surface area contributed by atoms with E-state index in [0.29, 0.717) is 18.0 Å². The number of nitrogens with zero attached hydrogens (tertiary/aromatic N) is 3. The molecule has 0 N–H and O–H groups in total. The Balaban J connectivity index is 1.57. The van der Waals surface area contributed by atoms with Crippen LogP contribution in [0.25, 0.3) is 0 Å². The van der Waals surface area contributed by atoms with Crippen LogP contribution in [0.1, 0.15) is 23.6 Å². The molecule has 25 heavy (non-hydrogen) atoms. The van der Waals surface area contributed by atoms with Crippen LogP contribution >= 0.6 is 0 Å². The summed E-state index contributed by atoms with van der Waals surface area (Å²) in [7, 11) is -1.56. The average molecular weight is 357 g/mol. The molecule has 4 rings (SSSR count). The van der Waals surface area contributed by atoms with Crippen molar-refractivity contribution in [2.75, 3.05) is 19.3 Å². The molecule has 2 heterocycles. The molecule has 0 spiro atoms. The third kappa shape index (κ3) is 2.89. The molecule has 0 saturated carbocycles. The number of likely N-dealkylation sites (N-methyl/N-ethyl adjacent to an activating group) is 1. The smallest absolute Gasteiger partial charge is 0.256 e. The third-order valence-corrected chi connectivity index (χ3v) is 6.12. The molecular formula is C18H19N3O3S. The van der Waals surface area contributed by atoms with Crippen molar-refractivity contribution in [1.29, 1.82) is 0 Å². The summed E-state index contributed by atoms with van der Waals surface area (Å²) in [6.45, 7) is 0.318. The molecule has 1 aromatic rings. The van der Waals surface area contributed by atoms with Gasteiger partial charge < -0.3 is 9.80 Å². The summed E-state index contributed by atoms with van der Waals surface area (Å²) in [4.78, 5) is 16.4. The molecule has 2 aliphatic heterocycles. The van der Waals surface area contributed by atoms with Crippen LogP contribution < -0.4 is 0 Å². The van der Waals surface area contributed by atoms with E-state index in [-0.39, 0.29) is 17.7 Å². The summed E-state index contributed by atoms with van der Waals surface area (Å²) in [5, 5.41) is 0. The van der Waals surface area contributed by atoms with Crippen LogP contribution in [0.4, 0.5) is 0 Å². The maximum Gasteiger partial charge on any atom is 0.256 e. The number of sulfonamides is 1. The fraction of sp³-hybridized carbons (Fsp3) is 0.333. The van der Waals surface area contributed by atoms with E-state index < -0.39 is 10.0 Å². The predicted molar refractivity (Wildman–Crippen MR) is 95.4 cm³/mol. The SMILES string of the molecule is CN(C(=O)C1=CN2CCS(=O)(=O)N=C2C=C1)C1CCc2ccccc21. The molecule has 0 aromatic heterocycles. The predicted octanol–water partition coefficient (Wildman–Crippen LogP) is 1.63. The number of carbonyl (C=O) groups is 1. The number of aryl methyl sites for hydroxylation is 1. The molecule has 0 radical (unpaired) electrons. The second-order valence-corrected chi connectivity index (χ2v) is 8.27. The minimum Gasteiger partial charge on any atom is -0.335 e. The van der Waals surface area contributed by atoms with Crippen molar-refractivity contribution in [3.8, 4) is 0 Å². The number of benzene rings is 1. The number of carbonyl (C=O) groups excluding carboxylic acids is 1. The summed E-state index contributed by atoms with van der Waals surface area (Å²) in [5.41, 5.74) is 3.06. The highest BCUT2D eigenvalue weighted by Gasteiger charge is 2.31. The lowest BCUT2D eigenvalue weighted by Crippen LogP contribution is -2.38. The molecule has 3 aliphatic rings. The molecule has 1 unspecified atom stereocenters. The summed E-state index contributed by atoms with van der Waals surface area (Å²) in [6.07, 6.45) is 6.85. The third-order valence-electron chi connectivity index (χ3n) is 4.96. The lowest BCUT2D eigenvalue weighted by Gasteiger charge is -2.30. The molecule has 7 heteroatoms. The van der Waals surface area contributed by atoms with E-state index >= 15 is 0 Å². The van der Waals surface area contributed by atoms with Crippen molar-refractivity contribution in [3.63, 3.8) is 0 Å². The standard InChI is InChI=1S/C18H19N3O3S/c1-20(16-8-6-13-4-2-3-5-15(13)16)18(22)14-7-9-17-19-25(23,24)11-10-21(17)12-14/h2-5,7,9,12,16H,6,8,10-11H2,1H3. The van der Waals surface area contributed by atoms with Gasteiger partial charge in [-0.3, -0.25) is 4.79 Å². The minimum atomic E-state index is -3.38. The van der Waals surface area contributed by atoms with Gasteiger partial charge in [0.15, 0.2) is 0 Å². The Kier molecular flexibility index (Phi) is 3.76. The monoisotopic (exact) mass is 357 g/mol. The average Bonchev–Trinajstić information content (AvgIpc) is 3.03. The highest BCUT2D eigenvalue weighted by atomic mass is 32.2. The Labute approximate surface area is 147 Å². The lowest BCUT2D eigenvalue weighted by atomic mass is 10.1. The molecule has 1 atom stereocenters. The van der Waals surface area contributed by atoms with Gasteiger partial charge in [-0.1, -0.05) is 24.3 Å². The van der Waals surface area contributed by atoms with Gasteiger partial charge in [0.1, 0.15) is 5.84 Å². The Morgan fingerprint density at radius 3 is 2.92 bits per heavy atom. The Morgan fingerprint density at radius 2 is 2.08 bits per heavy atom. The first-order valence-corrected chi connectivity index (χ1v) is 9.90. The highest BCUT2D eigenvalue weighted by molar-refractivity contribution is 7.90. The van der Waals surface area contributed by atoms with E-state index in [1.807, 2.05) is 19.2 Å². The van der Waals surface area contributed by atoms with Gasteiger partial charge in [0.2, 0.25) is 0 Å². The molecule has 0 saturated heterocycles. The zero-order valence-corrected chi connectivity index (χ0v) is 14.7. The van der Waals surface area contributed by atoms with Crippen molar-refractivity contribution in [2.45, 2.75) is 18.9 Å². The Bertz CT molecular complexity index is 931. The number of hydrogen-bond donors (Lipinski definition) is 0. The van der Waals surface area contributed by atoms with Crippen molar-refractivity contribution < 1.29 is 13.2 Å². The van der Waals surface area contributed by atoms with Gasteiger partial charge in [-0.2, -0.15) is 0 Å². The van der Waals surface area contributed by atoms with Gasteiger partial charge in [-0.15, -0.1) is 4.40 Å². The molecular weight excluding hydrogens is 338 g/mol. The fourth-order valence-electron chi connectivity index (χ4n) is 3.61. The van der Waals surface area contributed by atoms with Crippen molar-refractivity contribution >= 4 is 21.8 Å². The molecule has 1 aromatic carbocycles. The van der Waals surface area contributed by atoms with Gasteiger partial charge in [-0.05, 0) is 36.1 Å². The number of amides is 1. The van der Waals surface area contributed by atoms with E-state index in [9.17, 15) is 13.2 Å². The van der Waals surface area contributed by atoms with Crippen LogP contribution in [0.5, 0.6) is 0 Å². The molecule has 6 nitrogen and oxygen atoms in total. The normalized spacial score (nSPS) is 23.4. The first-order chi connectivity index (χ1) is 11.9. The van der Waals surface area contributed by atoms with Gasteiger partial charge in [0.25, 0.3) is 15.9 Å².